The Labute approximate surface area is 240 Å². The van der Waals surface area contributed by atoms with Crippen molar-refractivity contribution in [3.8, 4) is 0 Å². The Morgan fingerprint density at radius 1 is 1.02 bits per heavy atom. The third kappa shape index (κ3) is 8.24. The van der Waals surface area contributed by atoms with Crippen molar-refractivity contribution in [2.45, 2.75) is 70.1 Å². The van der Waals surface area contributed by atoms with E-state index in [4.69, 9.17) is 19.0 Å². The molecule has 0 aromatic heterocycles. The van der Waals surface area contributed by atoms with E-state index >= 15 is 0 Å². The van der Waals surface area contributed by atoms with E-state index in [0.717, 1.165) is 42.5 Å². The van der Waals surface area contributed by atoms with Gasteiger partial charge in [0.1, 0.15) is 6.79 Å². The van der Waals surface area contributed by atoms with Crippen molar-refractivity contribution in [1.82, 2.24) is 0 Å². The fourth-order valence-electron chi connectivity index (χ4n) is 5.94. The minimum atomic E-state index is -2.94. The number of methoxy groups -OCH3 is 1. The highest BCUT2D eigenvalue weighted by molar-refractivity contribution is 6.99. The van der Waals surface area contributed by atoms with Gasteiger partial charge in [0.05, 0.1) is 12.2 Å². The molecular formula is C33H46O6Si. The van der Waals surface area contributed by atoms with Gasteiger partial charge in [0.2, 0.25) is 0 Å². The minimum absolute atomic E-state index is 0.0134. The van der Waals surface area contributed by atoms with Gasteiger partial charge in [-0.05, 0) is 65.4 Å². The standard InChI is InChI=1S/C33H46O6Si/c1-33(2,3)40(28-16-10-7-11-17-28,29-18-12-8-13-19-29)39-31(20-21-32(35)36)30-24-27(38-25-37-4)23-26(30)15-9-5-6-14-22-34/h7-13,15-21,26-27,30-31,34H,5-6,14,22-25H2,1-4H3,(H,35,36)/b15-9+,21-20+/t26-,27+,30-,31+/m1/s1. The zero-order valence-corrected chi connectivity index (χ0v) is 25.4. The number of hydrogen-bond donors (Lipinski definition) is 2. The maximum atomic E-state index is 11.8. The number of rotatable bonds is 15. The van der Waals surface area contributed by atoms with Crippen molar-refractivity contribution >= 4 is 24.7 Å². The normalized spacial score (nSPS) is 20.9. The molecule has 4 atom stereocenters. The molecule has 6 nitrogen and oxygen atoms in total. The summed E-state index contributed by atoms with van der Waals surface area (Å²) in [5.41, 5.74) is 0. The molecule has 0 radical (unpaired) electrons. The van der Waals surface area contributed by atoms with Crippen molar-refractivity contribution < 1.29 is 28.9 Å². The first kappa shape index (κ1) is 32.0. The van der Waals surface area contributed by atoms with Gasteiger partial charge in [-0.1, -0.05) is 93.6 Å². The van der Waals surface area contributed by atoms with Crippen LogP contribution in [0, 0.1) is 11.8 Å². The predicted octanol–water partition coefficient (Wildman–Crippen LogP) is 5.31. The molecule has 0 aliphatic heterocycles. The SMILES string of the molecule is COCO[C@@H]1C[C@@H]([C@H](/C=C/C(=O)O)O[Si](c2ccccc2)(c2ccccc2)C(C)(C)C)[C@H](/C=C/CCCCO)C1. The first-order valence-electron chi connectivity index (χ1n) is 14.3. The molecule has 1 aliphatic rings. The molecule has 3 rings (SSSR count). The number of benzene rings is 2. The molecule has 1 aliphatic carbocycles. The average Bonchev–Trinajstić information content (AvgIpc) is 3.35. The molecule has 2 aromatic rings. The minimum Gasteiger partial charge on any atom is -0.478 e. The van der Waals surface area contributed by atoms with Crippen LogP contribution in [0.3, 0.4) is 0 Å². The van der Waals surface area contributed by atoms with Gasteiger partial charge >= 0.3 is 5.97 Å². The third-order valence-electron chi connectivity index (χ3n) is 7.78. The summed E-state index contributed by atoms with van der Waals surface area (Å²) >= 11 is 0. The Kier molecular flexibility index (Phi) is 12.3. The van der Waals surface area contributed by atoms with Crippen LogP contribution in [-0.2, 0) is 18.7 Å². The van der Waals surface area contributed by atoms with E-state index in [-0.39, 0.29) is 36.4 Å². The summed E-state index contributed by atoms with van der Waals surface area (Å²) in [4.78, 5) is 11.8. The number of carboxylic acids is 1. The highest BCUT2D eigenvalue weighted by Gasteiger charge is 2.53. The van der Waals surface area contributed by atoms with E-state index in [2.05, 4.69) is 81.5 Å². The summed E-state index contributed by atoms with van der Waals surface area (Å²) in [5, 5.41) is 20.9. The lowest BCUT2D eigenvalue weighted by molar-refractivity contribution is -0.131. The highest BCUT2D eigenvalue weighted by atomic mass is 28.4. The van der Waals surface area contributed by atoms with Crippen molar-refractivity contribution in [3.63, 3.8) is 0 Å². The molecule has 40 heavy (non-hydrogen) atoms. The van der Waals surface area contributed by atoms with E-state index < -0.39 is 20.4 Å². The van der Waals surface area contributed by atoms with Crippen molar-refractivity contribution in [1.29, 1.82) is 0 Å². The molecule has 0 bridgehead atoms. The molecule has 7 heteroatoms. The lowest BCUT2D eigenvalue weighted by atomic mass is 9.90. The summed E-state index contributed by atoms with van der Waals surface area (Å²) in [6, 6.07) is 20.9. The van der Waals surface area contributed by atoms with Crippen LogP contribution in [0.4, 0.5) is 0 Å². The molecular weight excluding hydrogens is 520 g/mol. The number of allylic oxidation sites excluding steroid dienone is 2. The third-order valence-corrected chi connectivity index (χ3v) is 12.8. The lowest BCUT2D eigenvalue weighted by Gasteiger charge is -2.46. The first-order chi connectivity index (χ1) is 19.2. The molecule has 0 amide bonds. The second kappa shape index (κ2) is 15.4. The number of aliphatic hydroxyl groups excluding tert-OH is 1. The quantitative estimate of drug-likeness (QED) is 0.1000. The van der Waals surface area contributed by atoms with E-state index in [1.54, 1.807) is 13.2 Å². The summed E-state index contributed by atoms with van der Waals surface area (Å²) < 4.78 is 18.7. The van der Waals surface area contributed by atoms with E-state index in [9.17, 15) is 9.90 Å². The molecule has 218 valence electrons. The second-order valence-corrected chi connectivity index (χ2v) is 15.8. The smallest absolute Gasteiger partial charge is 0.328 e. The largest absolute Gasteiger partial charge is 0.478 e. The number of carbonyl (C=O) groups is 1. The molecule has 0 spiro atoms. The van der Waals surface area contributed by atoms with Crippen LogP contribution < -0.4 is 10.4 Å². The fraction of sp³-hybridized carbons (Fsp3) is 0.485. The van der Waals surface area contributed by atoms with Crippen LogP contribution >= 0.6 is 0 Å². The number of carboxylic acid groups (broad SMARTS) is 1. The van der Waals surface area contributed by atoms with Crippen molar-refractivity contribution in [2.75, 3.05) is 20.5 Å². The van der Waals surface area contributed by atoms with Gasteiger partial charge in [0.25, 0.3) is 8.32 Å². The van der Waals surface area contributed by atoms with Gasteiger partial charge in [0, 0.05) is 19.8 Å². The maximum absolute atomic E-state index is 11.8. The lowest BCUT2D eigenvalue weighted by Crippen LogP contribution is -2.68. The monoisotopic (exact) mass is 566 g/mol. The van der Waals surface area contributed by atoms with Crippen molar-refractivity contribution in [2.24, 2.45) is 11.8 Å². The molecule has 2 N–H and O–H groups in total. The number of aliphatic carboxylic acids is 1. The van der Waals surface area contributed by atoms with Crippen LogP contribution in [0.15, 0.2) is 85.0 Å². The predicted molar refractivity (Wildman–Crippen MR) is 162 cm³/mol. The van der Waals surface area contributed by atoms with E-state index in [0.29, 0.717) is 0 Å². The van der Waals surface area contributed by atoms with E-state index in [1.807, 2.05) is 12.1 Å². The van der Waals surface area contributed by atoms with Crippen LogP contribution in [0.2, 0.25) is 5.04 Å². The maximum Gasteiger partial charge on any atom is 0.328 e. The molecule has 0 unspecified atom stereocenters. The number of aliphatic hydroxyl groups is 1. The zero-order valence-electron chi connectivity index (χ0n) is 24.4. The molecule has 2 aromatic carbocycles. The molecule has 0 saturated heterocycles. The Hall–Kier alpha value is -2.55. The molecule has 0 heterocycles. The average molecular weight is 567 g/mol. The Balaban J connectivity index is 2.10. The highest BCUT2D eigenvalue weighted by Crippen LogP contribution is 2.43. The summed E-state index contributed by atoms with van der Waals surface area (Å²) in [6.45, 7) is 7.11. The van der Waals surface area contributed by atoms with Gasteiger partial charge in [-0.3, -0.25) is 0 Å². The molecule has 1 saturated carbocycles. The number of unbranched alkanes of at least 4 members (excludes halogenated alkanes) is 2. The topological polar surface area (TPSA) is 85.2 Å². The molecule has 1 fully saturated rings. The van der Waals surface area contributed by atoms with Crippen LogP contribution in [-0.4, -0.2) is 57.2 Å². The van der Waals surface area contributed by atoms with Crippen LogP contribution in [0.5, 0.6) is 0 Å². The number of ether oxygens (including phenoxy) is 2. The van der Waals surface area contributed by atoms with Gasteiger partial charge in [-0.15, -0.1) is 0 Å². The fourth-order valence-corrected chi connectivity index (χ4v) is 10.6. The van der Waals surface area contributed by atoms with Gasteiger partial charge in [0.15, 0.2) is 0 Å². The first-order valence-corrected chi connectivity index (χ1v) is 16.2. The van der Waals surface area contributed by atoms with E-state index in [1.165, 1.54) is 6.08 Å². The number of hydrogen-bond acceptors (Lipinski definition) is 5. The zero-order chi connectivity index (χ0) is 29.0. The summed E-state index contributed by atoms with van der Waals surface area (Å²) in [7, 11) is -1.32. The summed E-state index contributed by atoms with van der Waals surface area (Å²) in [6.07, 6.45) is 11.1. The second-order valence-electron chi connectivity index (χ2n) is 11.6. The van der Waals surface area contributed by atoms with Gasteiger partial charge in [-0.2, -0.15) is 0 Å². The van der Waals surface area contributed by atoms with Crippen LogP contribution in [0.25, 0.3) is 0 Å². The van der Waals surface area contributed by atoms with Gasteiger partial charge < -0.3 is 24.1 Å². The van der Waals surface area contributed by atoms with Gasteiger partial charge in [-0.25, -0.2) is 4.79 Å². The summed E-state index contributed by atoms with van der Waals surface area (Å²) in [5.74, 6) is -0.817. The van der Waals surface area contributed by atoms with Crippen molar-refractivity contribution in [3.05, 3.63) is 85.0 Å². The Morgan fingerprint density at radius 3 is 2.17 bits per heavy atom. The Morgan fingerprint density at radius 2 is 1.65 bits per heavy atom. The van der Waals surface area contributed by atoms with Crippen LogP contribution in [0.1, 0.15) is 52.9 Å². The Bertz CT molecular complexity index is 1040.